The van der Waals surface area contributed by atoms with Gasteiger partial charge in [-0.1, -0.05) is 63.2 Å². The number of carbonyl (C=O) groups is 1. The van der Waals surface area contributed by atoms with E-state index in [-0.39, 0.29) is 28.1 Å². The quantitative estimate of drug-likeness (QED) is 0.360. The lowest BCUT2D eigenvalue weighted by atomic mass is 9.87. The summed E-state index contributed by atoms with van der Waals surface area (Å²) in [6, 6.07) is 23.1. The van der Waals surface area contributed by atoms with Gasteiger partial charge < -0.3 is 10.2 Å². The summed E-state index contributed by atoms with van der Waals surface area (Å²) in [5.41, 5.74) is 1.24. The Hall–Kier alpha value is -4.56. The van der Waals surface area contributed by atoms with Crippen molar-refractivity contribution in [2.45, 2.75) is 26.2 Å². The number of aromatic nitrogens is 3. The molecule has 0 amide bonds. The molecule has 2 N–H and O–H groups in total. The number of aromatic carboxylic acids is 1. The van der Waals surface area contributed by atoms with E-state index >= 15 is 0 Å². The van der Waals surface area contributed by atoms with Gasteiger partial charge in [0, 0.05) is 12.8 Å². The maximum atomic E-state index is 13.7. The fourth-order valence-electron chi connectivity index (χ4n) is 4.32. The molecule has 0 aliphatic carbocycles. The Labute approximate surface area is 213 Å². The second kappa shape index (κ2) is 9.83. The zero-order valence-corrected chi connectivity index (χ0v) is 21.0. The summed E-state index contributed by atoms with van der Waals surface area (Å²) < 4.78 is 2.63. The molecular weight excluding hydrogens is 470 g/mol. The number of nitrogens with zero attached hydrogens (tertiary/aromatic N) is 3. The second-order valence-corrected chi connectivity index (χ2v) is 9.43. The summed E-state index contributed by atoms with van der Waals surface area (Å²) in [7, 11) is 1.00. The molecule has 2 aliphatic heterocycles. The highest BCUT2D eigenvalue weighted by Crippen LogP contribution is 2.30. The smallest absolute Gasteiger partial charge is 0.357 e. The summed E-state index contributed by atoms with van der Waals surface area (Å²) in [5.74, 6) is -1.02. The molecule has 3 aromatic rings. The first-order chi connectivity index (χ1) is 17.7. The minimum Gasteiger partial charge on any atom is -0.478 e. The van der Waals surface area contributed by atoms with Crippen LogP contribution in [0.1, 0.15) is 36.7 Å². The lowest BCUT2D eigenvalue weighted by Crippen LogP contribution is -2.37. The van der Waals surface area contributed by atoms with E-state index in [0.717, 1.165) is 33.8 Å². The van der Waals surface area contributed by atoms with E-state index in [2.05, 4.69) is 25.8 Å². The number of fused-ring (bicyclic) bond motifs is 2. The van der Waals surface area contributed by atoms with Gasteiger partial charge in [0.15, 0.2) is 5.82 Å². The maximum Gasteiger partial charge on any atom is 0.357 e. The Balaban J connectivity index is 0.00000156. The Morgan fingerprint density at radius 1 is 0.838 bits per heavy atom. The number of rotatable bonds is 3. The van der Waals surface area contributed by atoms with Crippen molar-refractivity contribution in [3.63, 3.8) is 0 Å². The van der Waals surface area contributed by atoms with Crippen molar-refractivity contribution in [2.75, 3.05) is 7.11 Å². The predicted octanol–water partition coefficient (Wildman–Crippen LogP) is 4.25. The number of carboxylic acids is 1. The molecule has 0 bridgehead atoms. The van der Waals surface area contributed by atoms with E-state index < -0.39 is 17.2 Å². The topological polar surface area (TPSA) is 114 Å². The lowest BCUT2D eigenvalue weighted by molar-refractivity contribution is 0.0697. The van der Waals surface area contributed by atoms with Gasteiger partial charge in [-0.05, 0) is 52.8 Å². The van der Waals surface area contributed by atoms with Crippen LogP contribution in [0, 0.1) is 0 Å². The summed E-state index contributed by atoms with van der Waals surface area (Å²) >= 11 is 0. The SMILES string of the molecule is CC(C)(C)c1ccc(-n2c3nc(=O)n(-c4ccccc4C(=O)O)c(=O)c-3cc3ccccc32)cc1.CO. The Morgan fingerprint density at radius 2 is 1.46 bits per heavy atom. The molecule has 0 spiro atoms. The van der Waals surface area contributed by atoms with Gasteiger partial charge in [0.2, 0.25) is 0 Å². The largest absolute Gasteiger partial charge is 0.478 e. The van der Waals surface area contributed by atoms with Crippen molar-refractivity contribution in [3.05, 3.63) is 111 Å². The molecule has 0 saturated carbocycles. The Kier molecular flexibility index (Phi) is 6.78. The number of para-hydroxylation sites is 2. The van der Waals surface area contributed by atoms with Gasteiger partial charge in [-0.25, -0.2) is 14.2 Å². The number of hydrogen-bond acceptors (Lipinski definition) is 5. The normalized spacial score (nSPS) is 11.3. The van der Waals surface area contributed by atoms with Gasteiger partial charge in [-0.3, -0.25) is 9.36 Å². The number of hydrogen-bond donors (Lipinski definition) is 2. The van der Waals surface area contributed by atoms with Crippen LogP contribution in [0.25, 0.3) is 33.7 Å². The molecular formula is C29H27N3O5. The minimum atomic E-state index is -1.24. The van der Waals surface area contributed by atoms with Crippen LogP contribution in [0.15, 0.2) is 88.5 Å². The van der Waals surface area contributed by atoms with Gasteiger partial charge in [0.05, 0.1) is 22.3 Å². The molecule has 0 radical (unpaired) electrons. The van der Waals surface area contributed by atoms with Crippen molar-refractivity contribution >= 4 is 16.9 Å². The van der Waals surface area contributed by atoms with Crippen molar-refractivity contribution in [1.82, 2.24) is 14.1 Å². The Morgan fingerprint density at radius 3 is 2.11 bits per heavy atom. The zero-order chi connectivity index (χ0) is 26.9. The van der Waals surface area contributed by atoms with E-state index in [0.29, 0.717) is 0 Å². The van der Waals surface area contributed by atoms with Crippen LogP contribution >= 0.6 is 0 Å². The third-order valence-electron chi connectivity index (χ3n) is 6.12. The summed E-state index contributed by atoms with van der Waals surface area (Å²) in [5, 5.41) is 17.4. The number of pyridine rings is 1. The fraction of sp³-hybridized carbons (Fsp3) is 0.172. The second-order valence-electron chi connectivity index (χ2n) is 9.43. The van der Waals surface area contributed by atoms with Crippen LogP contribution < -0.4 is 11.2 Å². The van der Waals surface area contributed by atoms with Crippen molar-refractivity contribution in [1.29, 1.82) is 0 Å². The van der Waals surface area contributed by atoms with Crippen molar-refractivity contribution in [3.8, 4) is 22.8 Å². The summed E-state index contributed by atoms with van der Waals surface area (Å²) in [6.45, 7) is 6.39. The molecule has 2 heterocycles. The molecule has 0 aromatic heterocycles. The molecule has 37 heavy (non-hydrogen) atoms. The van der Waals surface area contributed by atoms with Crippen LogP contribution in [-0.2, 0) is 5.41 Å². The molecule has 0 atom stereocenters. The molecule has 0 saturated heterocycles. The van der Waals surface area contributed by atoms with E-state index in [9.17, 15) is 19.5 Å². The molecule has 3 aromatic carbocycles. The summed E-state index contributed by atoms with van der Waals surface area (Å²) in [6.07, 6.45) is 0. The lowest BCUT2D eigenvalue weighted by Gasteiger charge is -2.22. The average molecular weight is 498 g/mol. The third kappa shape index (κ3) is 4.54. The number of aliphatic hydroxyl groups excluding tert-OH is 1. The highest BCUT2D eigenvalue weighted by Gasteiger charge is 2.24. The van der Waals surface area contributed by atoms with Gasteiger partial charge in [-0.2, -0.15) is 4.98 Å². The van der Waals surface area contributed by atoms with E-state index in [4.69, 9.17) is 5.11 Å². The highest BCUT2D eigenvalue weighted by atomic mass is 16.4. The maximum absolute atomic E-state index is 13.7. The first-order valence-corrected chi connectivity index (χ1v) is 11.6. The standard InChI is InChI=1S/C28H23N3O4.CH4O/c1-28(2,3)18-12-14-19(15-13-18)30-22-10-6-4-8-17(22)16-21-24(30)29-27(35)31(25(21)32)23-11-7-5-9-20(23)26(33)34;1-2/h4-16H,1-3H3,(H,33,34);2H,1H3. The number of aliphatic hydroxyl groups is 1. The van der Waals surface area contributed by atoms with E-state index in [1.807, 2.05) is 48.5 Å². The van der Waals surface area contributed by atoms with Crippen LogP contribution in [0.4, 0.5) is 0 Å². The molecule has 0 unspecified atom stereocenters. The molecule has 2 aliphatic rings. The van der Waals surface area contributed by atoms with Gasteiger partial charge in [-0.15, -0.1) is 0 Å². The molecule has 8 nitrogen and oxygen atoms in total. The van der Waals surface area contributed by atoms with E-state index in [1.165, 1.54) is 12.1 Å². The first-order valence-electron chi connectivity index (χ1n) is 11.6. The van der Waals surface area contributed by atoms with Gasteiger partial charge >= 0.3 is 11.7 Å². The van der Waals surface area contributed by atoms with Crippen molar-refractivity contribution < 1.29 is 15.0 Å². The fourth-order valence-corrected chi connectivity index (χ4v) is 4.32. The van der Waals surface area contributed by atoms with Crippen LogP contribution in [-0.4, -0.2) is 37.4 Å². The summed E-state index contributed by atoms with van der Waals surface area (Å²) in [4.78, 5) is 42.9. The Bertz CT molecular complexity index is 1690. The average Bonchev–Trinajstić information content (AvgIpc) is 2.89. The molecule has 0 fully saturated rings. The van der Waals surface area contributed by atoms with Gasteiger partial charge in [0.1, 0.15) is 0 Å². The minimum absolute atomic E-state index is 0.0151. The van der Waals surface area contributed by atoms with Crippen LogP contribution in [0.5, 0.6) is 0 Å². The molecule has 188 valence electrons. The van der Waals surface area contributed by atoms with Crippen LogP contribution in [0.2, 0.25) is 0 Å². The van der Waals surface area contributed by atoms with Crippen LogP contribution in [0.3, 0.4) is 0 Å². The first kappa shape index (κ1) is 25.5. The molecule has 8 heteroatoms. The monoisotopic (exact) mass is 497 g/mol. The third-order valence-corrected chi connectivity index (χ3v) is 6.12. The predicted molar refractivity (Wildman–Crippen MR) is 143 cm³/mol. The number of benzene rings is 3. The number of carboxylic acid groups (broad SMARTS) is 1. The van der Waals surface area contributed by atoms with Gasteiger partial charge in [0.25, 0.3) is 5.56 Å². The van der Waals surface area contributed by atoms with E-state index in [1.54, 1.807) is 22.8 Å². The highest BCUT2D eigenvalue weighted by molar-refractivity contribution is 5.92. The zero-order valence-electron chi connectivity index (χ0n) is 21.0. The molecule has 5 rings (SSSR count). The van der Waals surface area contributed by atoms with Crippen molar-refractivity contribution in [2.24, 2.45) is 0 Å².